The molecule has 11 nitrogen and oxygen atoms in total. The van der Waals surface area contributed by atoms with E-state index in [2.05, 4.69) is 237 Å². The number of fused-ring (bicyclic) bond motifs is 16. The number of benzene rings is 7. The normalized spacial score (nSPS) is 20.9. The molecular weight excluding hydrogens is 1780 g/mol. The Morgan fingerprint density at radius 3 is 1.31 bits per heavy atom. The van der Waals surface area contributed by atoms with Gasteiger partial charge in [0, 0.05) is 122 Å². The van der Waals surface area contributed by atoms with Crippen LogP contribution >= 0.6 is 83.7 Å². The average Bonchev–Trinajstić information content (AvgIpc) is 0.785. The van der Waals surface area contributed by atoms with Gasteiger partial charge >= 0.3 is 25.7 Å². The van der Waals surface area contributed by atoms with Gasteiger partial charge in [0.2, 0.25) is 0 Å². The zero-order valence-corrected chi connectivity index (χ0v) is 71.7. The number of hydrogen-bond donors (Lipinski definition) is 4. The summed E-state index contributed by atoms with van der Waals surface area (Å²) in [6.45, 7) is 18.1. The monoisotopic (exact) mass is 1880 g/mol. The van der Waals surface area contributed by atoms with Gasteiger partial charge in [0.1, 0.15) is 17.2 Å². The Balaban J connectivity index is 0.000000332. The second-order valence-corrected chi connectivity index (χ2v) is 30.9. The van der Waals surface area contributed by atoms with Crippen LogP contribution in [-0.2, 0) is 101 Å². The molecule has 4 fully saturated rings. The minimum absolute atomic E-state index is 0. The number of ether oxygens (including phenoxy) is 4. The van der Waals surface area contributed by atoms with Gasteiger partial charge in [-0.1, -0.05) is 123 Å². The second-order valence-electron chi connectivity index (χ2n) is 26.4. The van der Waals surface area contributed by atoms with Crippen molar-refractivity contribution in [3.05, 3.63) is 232 Å². The maximum Gasteiger partial charge on any atom is 2.00 e. The summed E-state index contributed by atoms with van der Waals surface area (Å²) in [5.41, 5.74) is 15.6. The Kier molecular flexibility index (Phi) is 43.9. The van der Waals surface area contributed by atoms with E-state index >= 15 is 0 Å². The zero-order chi connectivity index (χ0) is 67.4. The molecule has 7 aromatic carbocycles. The molecule has 4 aliphatic carbocycles. The number of hydrogen-bond acceptors (Lipinski definition) is 11. The van der Waals surface area contributed by atoms with Crippen LogP contribution in [0.3, 0.4) is 0 Å². The van der Waals surface area contributed by atoms with E-state index in [4.69, 9.17) is 18.9 Å². The summed E-state index contributed by atoms with van der Waals surface area (Å²) in [7, 11) is 5.21. The summed E-state index contributed by atoms with van der Waals surface area (Å²) in [6.07, 6.45) is 9.35. The molecule has 20 heteroatoms. The number of phenols is 1. The maximum absolute atomic E-state index is 10.1. The third-order valence-electron chi connectivity index (χ3n) is 19.9. The first-order valence-corrected chi connectivity index (χ1v) is 38.4. The van der Waals surface area contributed by atoms with Crippen LogP contribution in [0.4, 0.5) is 0 Å². The van der Waals surface area contributed by atoms with Crippen LogP contribution in [0, 0.1) is 44.4 Å². The first-order valence-electron chi connectivity index (χ1n) is 33.9. The van der Waals surface area contributed by atoms with Crippen LogP contribution < -0.4 is 29.7 Å². The number of aromatic hydroxyl groups is 1. The smallest absolute Gasteiger partial charge is 0.504 e. The SMILES string of the molecule is C.COc1ccc2c(c1)CC1CC2CN(Cc2ccccc2)C1.COc1ccc2c(c1B(O)O)CC1CC2CN(Cc2ccccc2)C1.COc1ccc2c(c1Br)CC1CC2CN(Cc2ccccc2)C1.COc1ccc2c(c1O)CC1CNCC2C1.C[CH-]I.C[CH-]I.C[CH-]I.[B].[CH3-].[V+2].[V].[V]. The van der Waals surface area contributed by atoms with Crippen molar-refractivity contribution in [2.24, 2.45) is 23.7 Å². The number of nitrogens with zero attached hydrogens (tertiary/aromatic N) is 3. The summed E-state index contributed by atoms with van der Waals surface area (Å²) in [5, 5.41) is 33.3. The Labute approximate surface area is 695 Å². The van der Waals surface area contributed by atoms with Crippen molar-refractivity contribution in [1.82, 2.24) is 20.0 Å². The van der Waals surface area contributed by atoms with Crippen molar-refractivity contribution in [3.8, 4) is 28.7 Å². The molecule has 8 aliphatic rings. The molecule has 0 amide bonds. The minimum atomic E-state index is -1.48. The molecule has 7 aromatic rings. The third-order valence-corrected chi connectivity index (χ3v) is 20.8. The Bertz CT molecular complexity index is 3510. The largest absolute Gasteiger partial charge is 2.00 e. The molecular formula is C81H105B2BrI3N4O7V3-2. The average molecular weight is 1880 g/mol. The van der Waals surface area contributed by atoms with Gasteiger partial charge in [-0.25, -0.2) is 0 Å². The number of nitrogens with one attached hydrogen (secondary N) is 1. The number of likely N-dealkylation sites (tertiary alicyclic amines) is 3. The molecule has 8 bridgehead atoms. The van der Waals surface area contributed by atoms with Crippen molar-refractivity contribution >= 4 is 105 Å². The first-order chi connectivity index (χ1) is 46.2. The molecule has 0 aromatic heterocycles. The van der Waals surface area contributed by atoms with E-state index in [-0.39, 0.29) is 78.9 Å². The van der Waals surface area contributed by atoms with Gasteiger partial charge in [0.15, 0.2) is 11.5 Å². The van der Waals surface area contributed by atoms with Gasteiger partial charge in [-0.15, -0.1) is 0 Å². The fraction of sp³-hybridized carbons (Fsp3) is 0.432. The zero-order valence-electron chi connectivity index (χ0n) is 59.5. The van der Waals surface area contributed by atoms with Crippen LogP contribution in [0.1, 0.15) is 139 Å². The van der Waals surface area contributed by atoms with E-state index < -0.39 is 7.12 Å². The molecule has 542 valence electrons. The Morgan fingerprint density at radius 2 is 0.861 bits per heavy atom. The number of halogens is 4. The number of phenolic OH excluding ortho intramolecular Hbond substituents is 1. The molecule has 8 unspecified atom stereocenters. The van der Waals surface area contributed by atoms with E-state index in [1.807, 2.05) is 46.2 Å². The van der Waals surface area contributed by atoms with Gasteiger partial charge in [-0.3, -0.25) is 28.0 Å². The molecule has 4 saturated heterocycles. The van der Waals surface area contributed by atoms with Crippen LogP contribution in [0.15, 0.2) is 150 Å². The maximum atomic E-state index is 10.1. The van der Waals surface area contributed by atoms with E-state index in [1.54, 1.807) is 34.0 Å². The van der Waals surface area contributed by atoms with Gasteiger partial charge in [0.05, 0.1) is 32.9 Å². The Hall–Kier alpha value is -2.15. The van der Waals surface area contributed by atoms with Crippen molar-refractivity contribution in [2.75, 3.05) is 80.8 Å². The van der Waals surface area contributed by atoms with E-state index in [0.29, 0.717) is 58.2 Å². The predicted molar refractivity (Wildman–Crippen MR) is 438 cm³/mol. The topological polar surface area (TPSA) is 119 Å². The summed E-state index contributed by atoms with van der Waals surface area (Å²) in [6, 6.07) is 51.4. The van der Waals surface area contributed by atoms with Crippen molar-refractivity contribution < 1.29 is 89.8 Å². The molecule has 0 saturated carbocycles. The number of rotatable bonds is 11. The predicted octanol–water partition coefficient (Wildman–Crippen LogP) is 17.2. The van der Waals surface area contributed by atoms with Gasteiger partial charge < -0.3 is 115 Å². The van der Waals surface area contributed by atoms with Gasteiger partial charge in [-0.2, -0.15) is 20.8 Å². The van der Waals surface area contributed by atoms with E-state index in [1.165, 1.54) is 101 Å². The minimum Gasteiger partial charge on any atom is -0.504 e. The van der Waals surface area contributed by atoms with Crippen molar-refractivity contribution in [2.45, 2.75) is 123 Å². The molecule has 0 spiro atoms. The molecule has 4 heterocycles. The molecule has 4 N–H and O–H groups in total. The van der Waals surface area contributed by atoms with E-state index in [9.17, 15) is 15.2 Å². The van der Waals surface area contributed by atoms with E-state index in [0.717, 1.165) is 106 Å². The second kappa shape index (κ2) is 47.6. The quantitative estimate of drug-likeness (QED) is 0.0563. The van der Waals surface area contributed by atoms with Crippen LogP contribution in [0.25, 0.3) is 0 Å². The third kappa shape index (κ3) is 25.5. The number of methoxy groups -OCH3 is 4. The van der Waals surface area contributed by atoms with Crippen molar-refractivity contribution in [3.63, 3.8) is 0 Å². The fourth-order valence-corrected chi connectivity index (χ4v) is 17.0. The summed E-state index contributed by atoms with van der Waals surface area (Å²) >= 11 is 10.3. The summed E-state index contributed by atoms with van der Waals surface area (Å²) in [4.78, 5) is 7.81. The Morgan fingerprint density at radius 1 is 0.485 bits per heavy atom. The van der Waals surface area contributed by atoms with Crippen LogP contribution in [0.2, 0.25) is 0 Å². The van der Waals surface area contributed by atoms with Gasteiger partial charge in [-0.05, 0) is 207 Å². The van der Waals surface area contributed by atoms with Gasteiger partial charge in [0.25, 0.3) is 0 Å². The number of piperidine rings is 4. The molecule has 101 heavy (non-hydrogen) atoms. The summed E-state index contributed by atoms with van der Waals surface area (Å²) in [5.74, 6) is 8.65. The molecule has 6 radical (unpaired) electrons. The first kappa shape index (κ1) is 93.1. The molecule has 8 atom stereocenters. The van der Waals surface area contributed by atoms with Crippen LogP contribution in [0.5, 0.6) is 28.7 Å². The molecule has 4 aliphatic heterocycles. The van der Waals surface area contributed by atoms with Crippen molar-refractivity contribution in [1.29, 1.82) is 0 Å². The standard InChI is InChI=1S/C20H24BNO3.C20H22BrNO.C20H23NO.C13H17NO2.3C2H4I.CH4.CH3.B.3V/c1-25-19-8-7-17-16-9-15(10-18(17)20(19)21(23)24)12-22(13-16)11-14-5-3-2-4-6-14;1-23-19-8-7-17-16-9-15(10-18(17)20(19)21)12-22(13-16)11-14-5-3-2-4-6-14;1-22-19-7-8-20-17(11-19)9-16-10-18(20)14-21(13-16)12-15-5-3-2-4-6-15;1-16-12-3-2-10-9-4-8(6-14-7-9)5-11(10)13(12)15;3*1-2-3;;;;;;/h2-8,15-16,23-24H,9-13H2,1H3;2-8,15-16H,9-13H2,1H3;2-8,11,16,18H,9-10,12-14H2,1H3;2-3,8-9,14-15H,4-7H2,1H3;3*2H,1H3;1H4;1H3;;;;/q;;;;3*-1;;-1;;;;+2. The van der Waals surface area contributed by atoms with Crippen LogP contribution in [-0.4, -0.2) is 126 Å². The summed E-state index contributed by atoms with van der Waals surface area (Å²) < 4.78 is 28.5. The molecule has 15 rings (SSSR count). The fourth-order valence-electron chi connectivity index (χ4n) is 16.3.